The summed E-state index contributed by atoms with van der Waals surface area (Å²) in [6, 6.07) is 0.404. The maximum Gasteiger partial charge on any atom is 0.191 e. The first-order valence-electron chi connectivity index (χ1n) is 6.88. The second-order valence-electron chi connectivity index (χ2n) is 5.67. The van der Waals surface area contributed by atoms with Gasteiger partial charge in [0.1, 0.15) is 0 Å². The Morgan fingerprint density at radius 1 is 1.47 bits per heavy atom. The molecule has 19 heavy (non-hydrogen) atoms. The number of aliphatic hydroxyl groups is 1. The number of hydrogen-bond donors (Lipinski definition) is 3. The fraction of sp³-hybridized carbons (Fsp3) is 0.923. The predicted octanol–water partition coefficient (Wildman–Crippen LogP) is 0.965. The Kier molecular flexibility index (Phi) is 6.32. The molecule has 1 heterocycles. The van der Waals surface area contributed by atoms with Gasteiger partial charge in [-0.05, 0) is 13.3 Å². The number of nitrogens with one attached hydrogen (secondary N) is 2. The number of hydrogen-bond acceptors (Lipinski definition) is 3. The molecular formula is C13H26IN3O2. The second kappa shape index (κ2) is 7.08. The van der Waals surface area contributed by atoms with Crippen molar-refractivity contribution >= 4 is 29.9 Å². The van der Waals surface area contributed by atoms with Crippen LogP contribution in [0.5, 0.6) is 0 Å². The molecule has 1 saturated heterocycles. The van der Waals surface area contributed by atoms with E-state index in [1.807, 2.05) is 6.92 Å². The maximum absolute atomic E-state index is 8.86. The van der Waals surface area contributed by atoms with Gasteiger partial charge in [-0.15, -0.1) is 24.0 Å². The molecule has 3 atom stereocenters. The van der Waals surface area contributed by atoms with E-state index in [2.05, 4.69) is 29.5 Å². The molecule has 2 fully saturated rings. The molecule has 2 rings (SSSR count). The highest BCUT2D eigenvalue weighted by Gasteiger charge is 2.59. The van der Waals surface area contributed by atoms with E-state index in [0.29, 0.717) is 24.6 Å². The molecule has 0 spiro atoms. The van der Waals surface area contributed by atoms with Crippen molar-refractivity contribution in [3.63, 3.8) is 0 Å². The summed E-state index contributed by atoms with van der Waals surface area (Å²) in [5.74, 6) is 1.40. The Labute approximate surface area is 132 Å². The van der Waals surface area contributed by atoms with Crippen LogP contribution in [0, 0.1) is 11.3 Å². The second-order valence-corrected chi connectivity index (χ2v) is 5.67. The minimum Gasteiger partial charge on any atom is -0.394 e. The van der Waals surface area contributed by atoms with Crippen LogP contribution in [0.15, 0.2) is 4.99 Å². The van der Waals surface area contributed by atoms with Gasteiger partial charge in [-0.3, -0.25) is 4.99 Å². The molecule has 0 aromatic carbocycles. The summed E-state index contributed by atoms with van der Waals surface area (Å²) in [6.07, 6.45) is 1.52. The first-order chi connectivity index (χ1) is 8.61. The van der Waals surface area contributed by atoms with E-state index in [1.165, 1.54) is 0 Å². The zero-order chi connectivity index (χ0) is 13.2. The molecule has 2 aliphatic rings. The number of rotatable bonds is 4. The molecule has 0 bridgehead atoms. The quantitative estimate of drug-likeness (QED) is 0.385. The molecule has 6 heteroatoms. The highest BCUT2D eigenvalue weighted by molar-refractivity contribution is 14.0. The SMILES string of the molecule is CCNC(=NCCO)NC1C2CCOC2C1(C)C.I. The molecule has 0 radical (unpaired) electrons. The third kappa shape index (κ3) is 3.33. The molecule has 1 saturated carbocycles. The lowest BCUT2D eigenvalue weighted by Crippen LogP contribution is -2.68. The molecule has 3 N–H and O–H groups in total. The predicted molar refractivity (Wildman–Crippen MR) is 87.0 cm³/mol. The fourth-order valence-electron chi connectivity index (χ4n) is 3.25. The molecule has 1 aliphatic carbocycles. The third-order valence-corrected chi connectivity index (χ3v) is 4.11. The van der Waals surface area contributed by atoms with Crippen LogP contribution in [0.4, 0.5) is 0 Å². The molecule has 5 nitrogen and oxygen atoms in total. The van der Waals surface area contributed by atoms with Crippen LogP contribution in [0.1, 0.15) is 27.2 Å². The molecule has 0 amide bonds. The smallest absolute Gasteiger partial charge is 0.191 e. The zero-order valence-electron chi connectivity index (χ0n) is 12.0. The lowest BCUT2D eigenvalue weighted by Gasteiger charge is -2.54. The zero-order valence-corrected chi connectivity index (χ0v) is 14.3. The average Bonchev–Trinajstić information content (AvgIpc) is 2.79. The summed E-state index contributed by atoms with van der Waals surface area (Å²) in [5.41, 5.74) is 0.149. The Balaban J connectivity index is 0.00000180. The normalized spacial score (nSPS) is 32.0. The number of aliphatic hydroxyl groups excluding tert-OH is 1. The first kappa shape index (κ1) is 17.0. The standard InChI is InChI=1S/C13H25N3O2.HI/c1-4-14-12(15-6-7-17)16-10-9-5-8-18-11(9)13(10,2)3;/h9-11,17H,4-8H2,1-3H3,(H2,14,15,16);1H. The van der Waals surface area contributed by atoms with E-state index >= 15 is 0 Å². The van der Waals surface area contributed by atoms with Crippen molar-refractivity contribution in [1.29, 1.82) is 0 Å². The van der Waals surface area contributed by atoms with Gasteiger partial charge in [0, 0.05) is 30.5 Å². The van der Waals surface area contributed by atoms with Crippen LogP contribution in [0.25, 0.3) is 0 Å². The largest absolute Gasteiger partial charge is 0.394 e. The van der Waals surface area contributed by atoms with Crippen molar-refractivity contribution < 1.29 is 9.84 Å². The number of halogens is 1. The van der Waals surface area contributed by atoms with Gasteiger partial charge < -0.3 is 20.5 Å². The van der Waals surface area contributed by atoms with Crippen molar-refractivity contribution in [2.24, 2.45) is 16.3 Å². The average molecular weight is 383 g/mol. The summed E-state index contributed by atoms with van der Waals surface area (Å²) >= 11 is 0. The highest BCUT2D eigenvalue weighted by atomic mass is 127. The molecule has 0 aromatic rings. The van der Waals surface area contributed by atoms with Gasteiger partial charge in [0.15, 0.2) is 5.96 Å². The number of nitrogens with zero attached hydrogens (tertiary/aromatic N) is 1. The topological polar surface area (TPSA) is 65.9 Å². The van der Waals surface area contributed by atoms with Gasteiger partial charge in [0.05, 0.1) is 19.3 Å². The van der Waals surface area contributed by atoms with Gasteiger partial charge in [0.2, 0.25) is 0 Å². The molecule has 1 aliphatic heterocycles. The van der Waals surface area contributed by atoms with Gasteiger partial charge in [-0.1, -0.05) is 13.8 Å². The summed E-state index contributed by atoms with van der Waals surface area (Å²) in [4.78, 5) is 4.34. The van der Waals surface area contributed by atoms with Crippen molar-refractivity contribution in [2.75, 3.05) is 26.3 Å². The van der Waals surface area contributed by atoms with Gasteiger partial charge >= 0.3 is 0 Å². The fourth-order valence-corrected chi connectivity index (χ4v) is 3.25. The first-order valence-corrected chi connectivity index (χ1v) is 6.88. The summed E-state index contributed by atoms with van der Waals surface area (Å²) in [7, 11) is 0. The van der Waals surface area contributed by atoms with Crippen molar-refractivity contribution in [3.8, 4) is 0 Å². The lowest BCUT2D eigenvalue weighted by molar-refractivity contribution is -0.106. The third-order valence-electron chi connectivity index (χ3n) is 4.11. The summed E-state index contributed by atoms with van der Waals surface area (Å²) in [5, 5.41) is 15.6. The van der Waals surface area contributed by atoms with E-state index in [1.54, 1.807) is 0 Å². The van der Waals surface area contributed by atoms with Crippen LogP contribution in [-0.4, -0.2) is 49.5 Å². The number of aliphatic imine (C=N–C) groups is 1. The van der Waals surface area contributed by atoms with E-state index < -0.39 is 0 Å². The maximum atomic E-state index is 8.86. The Morgan fingerprint density at radius 3 is 2.84 bits per heavy atom. The van der Waals surface area contributed by atoms with Gasteiger partial charge in [-0.25, -0.2) is 0 Å². The van der Waals surface area contributed by atoms with Crippen LogP contribution in [0.3, 0.4) is 0 Å². The monoisotopic (exact) mass is 383 g/mol. The Hall–Kier alpha value is -0.0800. The lowest BCUT2D eigenvalue weighted by atomic mass is 9.57. The Morgan fingerprint density at radius 2 is 2.21 bits per heavy atom. The van der Waals surface area contributed by atoms with Gasteiger partial charge in [-0.2, -0.15) is 0 Å². The summed E-state index contributed by atoms with van der Waals surface area (Å²) in [6.45, 7) is 8.76. The molecule has 0 aromatic heterocycles. The molecule has 112 valence electrons. The minimum atomic E-state index is 0. The van der Waals surface area contributed by atoms with Crippen molar-refractivity contribution in [2.45, 2.75) is 39.3 Å². The minimum absolute atomic E-state index is 0. The number of ether oxygens (including phenoxy) is 1. The van der Waals surface area contributed by atoms with E-state index in [0.717, 1.165) is 25.5 Å². The van der Waals surface area contributed by atoms with Gasteiger partial charge in [0.25, 0.3) is 0 Å². The van der Waals surface area contributed by atoms with E-state index in [9.17, 15) is 0 Å². The number of fused-ring (bicyclic) bond motifs is 1. The van der Waals surface area contributed by atoms with Crippen molar-refractivity contribution in [3.05, 3.63) is 0 Å². The van der Waals surface area contributed by atoms with E-state index in [4.69, 9.17) is 9.84 Å². The van der Waals surface area contributed by atoms with Crippen LogP contribution < -0.4 is 10.6 Å². The van der Waals surface area contributed by atoms with Crippen molar-refractivity contribution in [1.82, 2.24) is 10.6 Å². The van der Waals surface area contributed by atoms with Crippen LogP contribution in [-0.2, 0) is 4.74 Å². The number of guanidine groups is 1. The van der Waals surface area contributed by atoms with Crippen LogP contribution in [0.2, 0.25) is 0 Å². The highest BCUT2D eigenvalue weighted by Crippen LogP contribution is 2.51. The Bertz CT molecular complexity index is 323. The molecular weight excluding hydrogens is 357 g/mol. The summed E-state index contributed by atoms with van der Waals surface area (Å²) < 4.78 is 5.78. The van der Waals surface area contributed by atoms with E-state index in [-0.39, 0.29) is 36.0 Å². The van der Waals surface area contributed by atoms with Crippen LogP contribution >= 0.6 is 24.0 Å². The molecule has 3 unspecified atom stereocenters.